The Balaban J connectivity index is 2.16. The van der Waals surface area contributed by atoms with E-state index in [1.807, 2.05) is 44.2 Å². The Kier molecular flexibility index (Phi) is 4.93. The van der Waals surface area contributed by atoms with Gasteiger partial charge in [-0.2, -0.15) is 0 Å². The molecule has 0 radical (unpaired) electrons. The van der Waals surface area contributed by atoms with Gasteiger partial charge in [-0.1, -0.05) is 19.1 Å². The number of hydrogen-bond donors (Lipinski definition) is 1. The molecular weight excluding hydrogens is 264 g/mol. The number of rotatable bonds is 5. The number of nitrogens with one attached hydrogen (secondary N) is 1. The summed E-state index contributed by atoms with van der Waals surface area (Å²) >= 11 is 0. The molecule has 1 N–H and O–H groups in total. The van der Waals surface area contributed by atoms with E-state index in [9.17, 15) is 4.79 Å². The van der Waals surface area contributed by atoms with E-state index >= 15 is 0 Å². The fourth-order valence-corrected chi connectivity index (χ4v) is 1.89. The third-order valence-electron chi connectivity index (χ3n) is 3.38. The predicted molar refractivity (Wildman–Crippen MR) is 83.4 cm³/mol. The molecule has 2 rings (SSSR count). The number of benzene rings is 1. The molecule has 0 bridgehead atoms. The number of carbonyl (C=O) groups is 1. The Labute approximate surface area is 125 Å². The molecule has 0 saturated carbocycles. The first-order chi connectivity index (χ1) is 10.1. The van der Waals surface area contributed by atoms with E-state index in [2.05, 4.69) is 10.3 Å². The topological polar surface area (TPSA) is 51.2 Å². The van der Waals surface area contributed by atoms with Crippen molar-refractivity contribution in [2.45, 2.75) is 26.3 Å². The van der Waals surface area contributed by atoms with Gasteiger partial charge in [0, 0.05) is 17.8 Å². The highest BCUT2D eigenvalue weighted by molar-refractivity contribution is 5.94. The van der Waals surface area contributed by atoms with Crippen LogP contribution in [0.5, 0.6) is 5.75 Å². The van der Waals surface area contributed by atoms with Crippen molar-refractivity contribution in [1.29, 1.82) is 0 Å². The Bertz CT molecular complexity index is 608. The lowest BCUT2D eigenvalue weighted by atomic mass is 10.1. The maximum Gasteiger partial charge on any atom is 0.253 e. The third-order valence-corrected chi connectivity index (χ3v) is 3.38. The normalized spacial score (nSPS) is 11.8. The highest BCUT2D eigenvalue weighted by Crippen LogP contribution is 2.22. The van der Waals surface area contributed by atoms with E-state index in [4.69, 9.17) is 4.74 Å². The molecule has 110 valence electrons. The number of pyridine rings is 1. The van der Waals surface area contributed by atoms with Gasteiger partial charge < -0.3 is 10.1 Å². The van der Waals surface area contributed by atoms with Gasteiger partial charge in [-0.05, 0) is 37.6 Å². The molecule has 0 fully saturated rings. The molecule has 1 heterocycles. The van der Waals surface area contributed by atoms with E-state index in [0.717, 1.165) is 23.4 Å². The monoisotopic (exact) mass is 284 g/mol. The summed E-state index contributed by atoms with van der Waals surface area (Å²) in [5, 5.41) is 2.92. The molecule has 0 saturated heterocycles. The van der Waals surface area contributed by atoms with Crippen LogP contribution in [0.15, 0.2) is 42.6 Å². The van der Waals surface area contributed by atoms with Crippen molar-refractivity contribution in [1.82, 2.24) is 10.3 Å². The zero-order chi connectivity index (χ0) is 15.2. The fourth-order valence-electron chi connectivity index (χ4n) is 1.89. The van der Waals surface area contributed by atoms with Crippen molar-refractivity contribution >= 4 is 5.91 Å². The Morgan fingerprint density at radius 2 is 2.14 bits per heavy atom. The summed E-state index contributed by atoms with van der Waals surface area (Å²) in [5.41, 5.74) is 2.35. The molecule has 2 aromatic rings. The van der Waals surface area contributed by atoms with Crippen molar-refractivity contribution in [3.63, 3.8) is 0 Å². The minimum absolute atomic E-state index is 0.0888. The van der Waals surface area contributed by atoms with Crippen LogP contribution in [0.2, 0.25) is 0 Å². The van der Waals surface area contributed by atoms with Crippen LogP contribution in [-0.4, -0.2) is 24.0 Å². The molecule has 1 atom stereocenters. The summed E-state index contributed by atoms with van der Waals surface area (Å²) in [6.07, 6.45) is 2.51. The lowest BCUT2D eigenvalue weighted by Crippen LogP contribution is -2.31. The Morgan fingerprint density at radius 3 is 2.76 bits per heavy atom. The predicted octanol–water partition coefficient (Wildman–Crippen LogP) is 3.29. The van der Waals surface area contributed by atoms with Gasteiger partial charge in [-0.15, -0.1) is 0 Å². The van der Waals surface area contributed by atoms with Gasteiger partial charge in [-0.25, -0.2) is 0 Å². The van der Waals surface area contributed by atoms with Crippen LogP contribution in [-0.2, 0) is 0 Å². The van der Waals surface area contributed by atoms with Gasteiger partial charge >= 0.3 is 0 Å². The van der Waals surface area contributed by atoms with Crippen molar-refractivity contribution in [2.75, 3.05) is 7.11 Å². The van der Waals surface area contributed by atoms with Gasteiger partial charge in [0.2, 0.25) is 0 Å². The molecule has 1 aromatic carbocycles. The first-order valence-electron chi connectivity index (χ1n) is 7.05. The molecule has 1 aromatic heterocycles. The quantitative estimate of drug-likeness (QED) is 0.916. The summed E-state index contributed by atoms with van der Waals surface area (Å²) in [5.74, 6) is 0.696. The summed E-state index contributed by atoms with van der Waals surface area (Å²) in [7, 11) is 1.63. The van der Waals surface area contributed by atoms with Crippen LogP contribution in [0.1, 0.15) is 30.6 Å². The number of ether oxygens (including phenoxy) is 1. The molecule has 4 nitrogen and oxygen atoms in total. The van der Waals surface area contributed by atoms with E-state index in [1.54, 1.807) is 19.4 Å². The van der Waals surface area contributed by atoms with E-state index in [-0.39, 0.29) is 11.9 Å². The second-order valence-electron chi connectivity index (χ2n) is 4.95. The van der Waals surface area contributed by atoms with E-state index in [1.165, 1.54) is 0 Å². The minimum atomic E-state index is -0.0888. The van der Waals surface area contributed by atoms with Gasteiger partial charge in [0.1, 0.15) is 5.75 Å². The van der Waals surface area contributed by atoms with Crippen LogP contribution >= 0.6 is 0 Å². The molecule has 1 amide bonds. The maximum atomic E-state index is 12.0. The molecule has 21 heavy (non-hydrogen) atoms. The molecule has 0 aliphatic heterocycles. The standard InChI is InChI=1S/C17H20N2O2/c1-4-12(2)19-17(20)14-8-9-16(18-11-14)13-6-5-7-15(10-13)21-3/h5-12H,4H2,1-3H3,(H,19,20). The van der Waals surface area contributed by atoms with Gasteiger partial charge in [0.15, 0.2) is 0 Å². The summed E-state index contributed by atoms with van der Waals surface area (Å²) in [4.78, 5) is 16.4. The molecule has 1 unspecified atom stereocenters. The Hall–Kier alpha value is -2.36. The Morgan fingerprint density at radius 1 is 1.33 bits per heavy atom. The largest absolute Gasteiger partial charge is 0.497 e. The molecule has 4 heteroatoms. The summed E-state index contributed by atoms with van der Waals surface area (Å²) < 4.78 is 5.20. The van der Waals surface area contributed by atoms with Crippen molar-refractivity contribution in [3.05, 3.63) is 48.2 Å². The number of amides is 1. The van der Waals surface area contributed by atoms with E-state index < -0.39 is 0 Å². The van der Waals surface area contributed by atoms with Crippen molar-refractivity contribution in [3.8, 4) is 17.0 Å². The van der Waals surface area contributed by atoms with Gasteiger partial charge in [0.25, 0.3) is 5.91 Å². The molecule has 0 aliphatic carbocycles. The lowest BCUT2D eigenvalue weighted by Gasteiger charge is -2.11. The van der Waals surface area contributed by atoms with Crippen molar-refractivity contribution in [2.24, 2.45) is 0 Å². The van der Waals surface area contributed by atoms with Crippen LogP contribution in [0.25, 0.3) is 11.3 Å². The van der Waals surface area contributed by atoms with Crippen LogP contribution in [0, 0.1) is 0 Å². The number of carbonyl (C=O) groups excluding carboxylic acids is 1. The number of nitrogens with zero attached hydrogens (tertiary/aromatic N) is 1. The summed E-state index contributed by atoms with van der Waals surface area (Å²) in [6.45, 7) is 4.02. The van der Waals surface area contributed by atoms with Gasteiger partial charge in [-0.3, -0.25) is 9.78 Å². The van der Waals surface area contributed by atoms with Gasteiger partial charge in [0.05, 0.1) is 18.4 Å². The van der Waals surface area contributed by atoms with Crippen LogP contribution < -0.4 is 10.1 Å². The summed E-state index contributed by atoms with van der Waals surface area (Å²) in [6, 6.07) is 11.5. The zero-order valence-corrected chi connectivity index (χ0v) is 12.6. The second-order valence-corrected chi connectivity index (χ2v) is 4.95. The molecular formula is C17H20N2O2. The zero-order valence-electron chi connectivity index (χ0n) is 12.6. The molecule has 0 aliphatic rings. The fraction of sp³-hybridized carbons (Fsp3) is 0.294. The minimum Gasteiger partial charge on any atom is -0.497 e. The van der Waals surface area contributed by atoms with Crippen LogP contribution in [0.4, 0.5) is 0 Å². The maximum absolute atomic E-state index is 12.0. The smallest absolute Gasteiger partial charge is 0.253 e. The van der Waals surface area contributed by atoms with Crippen molar-refractivity contribution < 1.29 is 9.53 Å². The third kappa shape index (κ3) is 3.81. The van der Waals surface area contributed by atoms with Crippen LogP contribution in [0.3, 0.4) is 0 Å². The van der Waals surface area contributed by atoms with E-state index in [0.29, 0.717) is 5.56 Å². The average molecular weight is 284 g/mol. The molecule has 0 spiro atoms. The second kappa shape index (κ2) is 6.88. The lowest BCUT2D eigenvalue weighted by molar-refractivity contribution is 0.0939. The SMILES string of the molecule is CCC(C)NC(=O)c1ccc(-c2cccc(OC)c2)nc1. The highest BCUT2D eigenvalue weighted by Gasteiger charge is 2.09. The highest BCUT2D eigenvalue weighted by atomic mass is 16.5. The average Bonchev–Trinajstić information content (AvgIpc) is 2.54. The first kappa shape index (κ1) is 15.0. The number of hydrogen-bond acceptors (Lipinski definition) is 3. The number of aromatic nitrogens is 1. The first-order valence-corrected chi connectivity index (χ1v) is 7.05. The number of methoxy groups -OCH3 is 1.